The van der Waals surface area contributed by atoms with Crippen LogP contribution in [0.15, 0.2) is 140 Å². The molecule has 38 heavy (non-hydrogen) atoms. The lowest BCUT2D eigenvalue weighted by Crippen LogP contribution is -1.96. The van der Waals surface area contributed by atoms with E-state index >= 15 is 0 Å². The molecule has 0 N–H and O–H groups in total. The number of aromatic nitrogens is 3. The van der Waals surface area contributed by atoms with Gasteiger partial charge in [-0.3, -0.25) is 4.98 Å². The smallest absolute Gasteiger partial charge is 0.0542 e. The van der Waals surface area contributed by atoms with E-state index in [-0.39, 0.29) is 0 Å². The molecule has 0 amide bonds. The van der Waals surface area contributed by atoms with E-state index < -0.39 is 0 Å². The quantitative estimate of drug-likeness (QED) is 0.245. The fraction of sp³-hybridized carbons (Fsp3) is 0. The first-order valence-electron chi connectivity index (χ1n) is 12.9. The minimum Gasteiger partial charge on any atom is -0.309 e. The van der Waals surface area contributed by atoms with Crippen LogP contribution in [0.3, 0.4) is 0 Å². The summed E-state index contributed by atoms with van der Waals surface area (Å²) in [6, 6.07) is 45.7. The highest BCUT2D eigenvalue weighted by molar-refractivity contribution is 6.12. The number of benzene rings is 5. The minimum atomic E-state index is 1.11. The van der Waals surface area contributed by atoms with Gasteiger partial charge in [0.05, 0.1) is 22.1 Å². The van der Waals surface area contributed by atoms with Crippen molar-refractivity contribution in [1.29, 1.82) is 0 Å². The molecule has 178 valence electrons. The first-order chi connectivity index (χ1) is 18.9. The van der Waals surface area contributed by atoms with Gasteiger partial charge in [-0.15, -0.1) is 0 Å². The van der Waals surface area contributed by atoms with Gasteiger partial charge in [0, 0.05) is 50.9 Å². The second-order valence-corrected chi connectivity index (χ2v) is 9.72. The number of fused-ring (bicyclic) bond motifs is 6. The standard InChI is InChI=1S/C35H23N3/c1-4-15-32-28(12-1)29-13-2-5-16-33(29)38(32)27-18-19-35-31(22-27)30-14-3-6-17-34(30)37(35)26-11-7-9-24(21-26)25-10-8-20-36-23-25/h1-23H. The molecule has 0 bridgehead atoms. The van der Waals surface area contributed by atoms with Crippen molar-refractivity contribution in [2.24, 2.45) is 0 Å². The average Bonchev–Trinajstić information content (AvgIpc) is 3.50. The van der Waals surface area contributed by atoms with Gasteiger partial charge in [0.25, 0.3) is 0 Å². The number of hydrogen-bond acceptors (Lipinski definition) is 1. The lowest BCUT2D eigenvalue weighted by Gasteiger charge is -2.11. The highest BCUT2D eigenvalue weighted by Gasteiger charge is 2.16. The van der Waals surface area contributed by atoms with E-state index in [1.807, 2.05) is 18.5 Å². The topological polar surface area (TPSA) is 22.8 Å². The van der Waals surface area contributed by atoms with Crippen molar-refractivity contribution in [3.63, 3.8) is 0 Å². The summed E-state index contributed by atoms with van der Waals surface area (Å²) < 4.78 is 4.76. The molecule has 3 nitrogen and oxygen atoms in total. The number of para-hydroxylation sites is 3. The molecule has 0 aliphatic carbocycles. The molecule has 0 aliphatic heterocycles. The van der Waals surface area contributed by atoms with Crippen molar-refractivity contribution in [3.05, 3.63) is 140 Å². The van der Waals surface area contributed by atoms with Gasteiger partial charge in [0.15, 0.2) is 0 Å². The predicted molar refractivity (Wildman–Crippen MR) is 158 cm³/mol. The zero-order chi connectivity index (χ0) is 25.1. The molecular weight excluding hydrogens is 462 g/mol. The zero-order valence-electron chi connectivity index (χ0n) is 20.6. The van der Waals surface area contributed by atoms with Crippen LogP contribution >= 0.6 is 0 Å². The second-order valence-electron chi connectivity index (χ2n) is 9.72. The highest BCUT2D eigenvalue weighted by Crippen LogP contribution is 2.37. The van der Waals surface area contributed by atoms with Crippen molar-refractivity contribution < 1.29 is 0 Å². The van der Waals surface area contributed by atoms with Crippen LogP contribution in [-0.4, -0.2) is 14.1 Å². The Kier molecular flexibility index (Phi) is 4.52. The third-order valence-corrected chi connectivity index (χ3v) is 7.59. The Hall–Kier alpha value is -5.15. The van der Waals surface area contributed by atoms with Crippen LogP contribution in [0, 0.1) is 0 Å². The molecule has 0 spiro atoms. The van der Waals surface area contributed by atoms with E-state index in [0.29, 0.717) is 0 Å². The maximum Gasteiger partial charge on any atom is 0.0542 e. The second kappa shape index (κ2) is 8.19. The normalized spacial score (nSPS) is 11.7. The fourth-order valence-electron chi connectivity index (χ4n) is 5.94. The minimum absolute atomic E-state index is 1.11. The summed E-state index contributed by atoms with van der Waals surface area (Å²) in [4.78, 5) is 4.32. The molecule has 5 aromatic carbocycles. The maximum atomic E-state index is 4.32. The third kappa shape index (κ3) is 3.06. The third-order valence-electron chi connectivity index (χ3n) is 7.59. The van der Waals surface area contributed by atoms with E-state index in [0.717, 1.165) is 16.8 Å². The van der Waals surface area contributed by atoms with Crippen LogP contribution in [0.4, 0.5) is 0 Å². The Bertz CT molecular complexity index is 2080. The van der Waals surface area contributed by atoms with Gasteiger partial charge in [-0.1, -0.05) is 72.8 Å². The SMILES string of the molecule is c1cncc(-c2cccc(-n3c4ccccc4c4cc(-n5c6ccccc6c6ccccc65)ccc43)c2)c1. The molecule has 0 atom stereocenters. The van der Waals surface area contributed by atoms with Crippen molar-refractivity contribution in [3.8, 4) is 22.5 Å². The zero-order valence-corrected chi connectivity index (χ0v) is 20.6. The highest BCUT2D eigenvalue weighted by atomic mass is 15.0. The van der Waals surface area contributed by atoms with E-state index in [9.17, 15) is 0 Å². The predicted octanol–water partition coefficient (Wildman–Crippen LogP) is 8.94. The first-order valence-corrected chi connectivity index (χ1v) is 12.9. The largest absolute Gasteiger partial charge is 0.309 e. The molecule has 0 fully saturated rings. The number of hydrogen-bond donors (Lipinski definition) is 0. The van der Waals surface area contributed by atoms with Crippen LogP contribution in [0.5, 0.6) is 0 Å². The molecule has 0 radical (unpaired) electrons. The van der Waals surface area contributed by atoms with E-state index in [1.54, 1.807) is 0 Å². The van der Waals surface area contributed by atoms with E-state index in [1.165, 1.54) is 49.3 Å². The monoisotopic (exact) mass is 485 g/mol. The Labute approximate surface area is 219 Å². The van der Waals surface area contributed by atoms with Gasteiger partial charge in [-0.2, -0.15) is 0 Å². The van der Waals surface area contributed by atoms with Crippen molar-refractivity contribution in [1.82, 2.24) is 14.1 Å². The fourth-order valence-corrected chi connectivity index (χ4v) is 5.94. The Morgan fingerprint density at radius 1 is 0.395 bits per heavy atom. The summed E-state index contributed by atoms with van der Waals surface area (Å²) in [7, 11) is 0. The summed E-state index contributed by atoms with van der Waals surface area (Å²) in [5.41, 5.74) is 9.42. The van der Waals surface area contributed by atoms with Crippen LogP contribution in [-0.2, 0) is 0 Å². The number of rotatable bonds is 3. The van der Waals surface area contributed by atoms with E-state index in [2.05, 4.69) is 135 Å². The van der Waals surface area contributed by atoms with Gasteiger partial charge in [-0.05, 0) is 60.2 Å². The molecule has 8 aromatic rings. The van der Waals surface area contributed by atoms with Crippen molar-refractivity contribution in [2.75, 3.05) is 0 Å². The first kappa shape index (κ1) is 21.0. The molecule has 0 unspecified atom stereocenters. The Balaban J connectivity index is 1.40. The summed E-state index contributed by atoms with van der Waals surface area (Å²) >= 11 is 0. The lowest BCUT2D eigenvalue weighted by atomic mass is 10.1. The molecular formula is C35H23N3. The van der Waals surface area contributed by atoms with Crippen LogP contribution < -0.4 is 0 Å². The number of nitrogens with zero attached hydrogens (tertiary/aromatic N) is 3. The van der Waals surface area contributed by atoms with Crippen molar-refractivity contribution >= 4 is 43.6 Å². The molecule has 3 heteroatoms. The molecule has 0 aliphatic rings. The molecule has 3 heterocycles. The van der Waals surface area contributed by atoms with Gasteiger partial charge >= 0.3 is 0 Å². The molecule has 0 saturated heterocycles. The Morgan fingerprint density at radius 3 is 1.58 bits per heavy atom. The van der Waals surface area contributed by atoms with Gasteiger partial charge in [-0.25, -0.2) is 0 Å². The van der Waals surface area contributed by atoms with Crippen LogP contribution in [0.2, 0.25) is 0 Å². The van der Waals surface area contributed by atoms with E-state index in [4.69, 9.17) is 0 Å². The molecule has 3 aromatic heterocycles. The van der Waals surface area contributed by atoms with Crippen LogP contribution in [0.25, 0.3) is 66.1 Å². The van der Waals surface area contributed by atoms with Crippen molar-refractivity contribution in [2.45, 2.75) is 0 Å². The van der Waals surface area contributed by atoms with Gasteiger partial charge in [0.2, 0.25) is 0 Å². The molecule has 0 saturated carbocycles. The lowest BCUT2D eigenvalue weighted by molar-refractivity contribution is 1.16. The maximum absolute atomic E-state index is 4.32. The summed E-state index contributed by atoms with van der Waals surface area (Å²) in [6.45, 7) is 0. The summed E-state index contributed by atoms with van der Waals surface area (Å²) in [5, 5.41) is 5.04. The molecule has 8 rings (SSSR count). The average molecular weight is 486 g/mol. The van der Waals surface area contributed by atoms with Crippen LogP contribution in [0.1, 0.15) is 0 Å². The summed E-state index contributed by atoms with van der Waals surface area (Å²) in [6.07, 6.45) is 3.73. The van der Waals surface area contributed by atoms with Gasteiger partial charge in [0.1, 0.15) is 0 Å². The van der Waals surface area contributed by atoms with Gasteiger partial charge < -0.3 is 9.13 Å². The number of pyridine rings is 1. The summed E-state index contributed by atoms with van der Waals surface area (Å²) in [5.74, 6) is 0. The Morgan fingerprint density at radius 2 is 0.947 bits per heavy atom.